The Morgan fingerprint density at radius 3 is 2.70 bits per heavy atom. The Morgan fingerprint density at radius 2 is 1.89 bits per heavy atom. The molecule has 0 bridgehead atoms. The van der Waals surface area contributed by atoms with Gasteiger partial charge in [0.2, 0.25) is 0 Å². The Labute approximate surface area is 157 Å². The van der Waals surface area contributed by atoms with Gasteiger partial charge in [-0.3, -0.25) is 9.78 Å². The van der Waals surface area contributed by atoms with Crippen molar-refractivity contribution in [2.45, 2.75) is 19.8 Å². The lowest BCUT2D eigenvalue weighted by atomic mass is 9.95. The molecule has 5 heteroatoms. The van der Waals surface area contributed by atoms with Crippen molar-refractivity contribution in [3.63, 3.8) is 0 Å². The van der Waals surface area contributed by atoms with Crippen LogP contribution in [0.1, 0.15) is 38.4 Å². The molecule has 2 heterocycles. The number of aryl methyl sites for hydroxylation is 1. The van der Waals surface area contributed by atoms with Crippen LogP contribution in [-0.4, -0.2) is 30.5 Å². The molecule has 0 atom stereocenters. The zero-order chi connectivity index (χ0) is 19.0. The fourth-order valence-electron chi connectivity index (χ4n) is 3.77. The number of fused-ring (bicyclic) bond motifs is 2. The maximum absolute atomic E-state index is 13.5. The SMILES string of the molecule is COC(=O)c1cccc2c1CCCN2C(=O)c1cc(C)nc2ccccc12. The predicted octanol–water partition coefficient (Wildman–Crippen LogP) is 3.92. The topological polar surface area (TPSA) is 59.5 Å². The van der Waals surface area contributed by atoms with Crippen LogP contribution in [0.5, 0.6) is 0 Å². The third-order valence-corrected chi connectivity index (χ3v) is 4.98. The van der Waals surface area contributed by atoms with Crippen LogP contribution >= 0.6 is 0 Å². The van der Waals surface area contributed by atoms with E-state index in [0.29, 0.717) is 17.7 Å². The average Bonchev–Trinajstić information content (AvgIpc) is 2.71. The summed E-state index contributed by atoms with van der Waals surface area (Å²) in [4.78, 5) is 31.9. The molecule has 1 aliphatic rings. The van der Waals surface area contributed by atoms with Gasteiger partial charge in [0.15, 0.2) is 0 Å². The highest BCUT2D eigenvalue weighted by molar-refractivity contribution is 6.14. The standard InChI is InChI=1S/C22H20N2O3/c1-14-13-18(15-7-3-4-10-19(15)23-14)21(25)24-12-6-9-16-17(22(26)27-2)8-5-11-20(16)24/h3-5,7-8,10-11,13H,6,9,12H2,1-2H3. The Morgan fingerprint density at radius 1 is 1.07 bits per heavy atom. The molecule has 0 unspecified atom stereocenters. The Bertz CT molecular complexity index is 1060. The third kappa shape index (κ3) is 2.95. The number of rotatable bonds is 2. The fourth-order valence-corrected chi connectivity index (χ4v) is 3.77. The lowest BCUT2D eigenvalue weighted by Crippen LogP contribution is -2.36. The van der Waals surface area contributed by atoms with Gasteiger partial charge in [0.05, 0.1) is 23.8 Å². The van der Waals surface area contributed by atoms with Crippen LogP contribution in [0.3, 0.4) is 0 Å². The number of hydrogen-bond donors (Lipinski definition) is 0. The zero-order valence-corrected chi connectivity index (χ0v) is 15.4. The van der Waals surface area contributed by atoms with E-state index >= 15 is 0 Å². The largest absolute Gasteiger partial charge is 0.465 e. The first-order valence-corrected chi connectivity index (χ1v) is 8.98. The molecule has 0 radical (unpaired) electrons. The van der Waals surface area contributed by atoms with Gasteiger partial charge in [-0.15, -0.1) is 0 Å². The van der Waals surface area contributed by atoms with Crippen molar-refractivity contribution < 1.29 is 14.3 Å². The van der Waals surface area contributed by atoms with Crippen molar-refractivity contribution >= 4 is 28.5 Å². The van der Waals surface area contributed by atoms with E-state index in [2.05, 4.69) is 4.98 Å². The molecule has 0 aliphatic carbocycles. The summed E-state index contributed by atoms with van der Waals surface area (Å²) in [6.45, 7) is 2.51. The fraction of sp³-hybridized carbons (Fsp3) is 0.227. The summed E-state index contributed by atoms with van der Waals surface area (Å²) >= 11 is 0. The first kappa shape index (κ1) is 17.2. The number of benzene rings is 2. The molecule has 1 aliphatic heterocycles. The predicted molar refractivity (Wildman–Crippen MR) is 104 cm³/mol. The van der Waals surface area contributed by atoms with Crippen LogP contribution in [0.25, 0.3) is 10.9 Å². The molecule has 1 aromatic heterocycles. The van der Waals surface area contributed by atoms with E-state index in [1.165, 1.54) is 7.11 Å². The van der Waals surface area contributed by atoms with Crippen molar-refractivity contribution in [2.24, 2.45) is 0 Å². The van der Waals surface area contributed by atoms with E-state index in [1.54, 1.807) is 17.0 Å². The number of ether oxygens (including phenoxy) is 1. The molecule has 27 heavy (non-hydrogen) atoms. The molecule has 3 aromatic rings. The average molecular weight is 360 g/mol. The van der Waals surface area contributed by atoms with Crippen molar-refractivity contribution in [3.8, 4) is 0 Å². The van der Waals surface area contributed by atoms with Crippen molar-refractivity contribution in [2.75, 3.05) is 18.6 Å². The number of para-hydroxylation sites is 1. The molecule has 2 aromatic carbocycles. The first-order chi connectivity index (χ1) is 13.1. The van der Waals surface area contributed by atoms with E-state index in [1.807, 2.05) is 43.3 Å². The number of pyridine rings is 1. The van der Waals surface area contributed by atoms with Gasteiger partial charge < -0.3 is 9.64 Å². The molecule has 1 amide bonds. The van der Waals surface area contributed by atoms with Gasteiger partial charge in [-0.25, -0.2) is 4.79 Å². The normalized spacial score (nSPS) is 13.3. The van der Waals surface area contributed by atoms with Gasteiger partial charge in [0.1, 0.15) is 0 Å². The van der Waals surface area contributed by atoms with Crippen molar-refractivity contribution in [1.82, 2.24) is 4.98 Å². The summed E-state index contributed by atoms with van der Waals surface area (Å²) in [7, 11) is 1.37. The minimum Gasteiger partial charge on any atom is -0.465 e. The van der Waals surface area contributed by atoms with E-state index in [9.17, 15) is 9.59 Å². The Hall–Kier alpha value is -3.21. The molecular weight excluding hydrogens is 340 g/mol. The van der Waals surface area contributed by atoms with Crippen LogP contribution in [0.2, 0.25) is 0 Å². The van der Waals surface area contributed by atoms with Crippen LogP contribution in [0.15, 0.2) is 48.5 Å². The van der Waals surface area contributed by atoms with E-state index in [0.717, 1.165) is 40.7 Å². The third-order valence-electron chi connectivity index (χ3n) is 4.98. The van der Waals surface area contributed by atoms with Gasteiger partial charge in [-0.1, -0.05) is 24.3 Å². The van der Waals surface area contributed by atoms with E-state index in [-0.39, 0.29) is 11.9 Å². The monoisotopic (exact) mass is 360 g/mol. The summed E-state index contributed by atoms with van der Waals surface area (Å²) in [5.41, 5.74) is 4.43. The van der Waals surface area contributed by atoms with Gasteiger partial charge in [-0.05, 0) is 49.6 Å². The molecule has 0 spiro atoms. The maximum atomic E-state index is 13.5. The van der Waals surface area contributed by atoms with Crippen molar-refractivity contribution in [3.05, 3.63) is 70.9 Å². The molecule has 0 fully saturated rings. The molecule has 0 saturated heterocycles. The second-order valence-corrected chi connectivity index (χ2v) is 6.68. The van der Waals surface area contributed by atoms with Gasteiger partial charge in [0.25, 0.3) is 5.91 Å². The Kier molecular flexibility index (Phi) is 4.36. The smallest absolute Gasteiger partial charge is 0.338 e. The molecule has 0 N–H and O–H groups in total. The molecule has 4 rings (SSSR count). The number of nitrogens with zero attached hydrogens (tertiary/aromatic N) is 2. The molecule has 0 saturated carbocycles. The number of carbonyl (C=O) groups is 2. The molecular formula is C22H20N2O3. The summed E-state index contributed by atoms with van der Waals surface area (Å²) in [6, 6.07) is 15.0. The van der Waals surface area contributed by atoms with Crippen LogP contribution in [0, 0.1) is 6.92 Å². The number of esters is 1. The lowest BCUT2D eigenvalue weighted by molar-refractivity contribution is 0.0599. The van der Waals surface area contributed by atoms with E-state index in [4.69, 9.17) is 4.74 Å². The van der Waals surface area contributed by atoms with Crippen LogP contribution in [0.4, 0.5) is 5.69 Å². The number of amides is 1. The van der Waals surface area contributed by atoms with Crippen LogP contribution in [-0.2, 0) is 11.2 Å². The second kappa shape index (κ2) is 6.83. The number of aromatic nitrogens is 1. The summed E-state index contributed by atoms with van der Waals surface area (Å²) in [5.74, 6) is -0.439. The molecule has 5 nitrogen and oxygen atoms in total. The van der Waals surface area contributed by atoms with Crippen LogP contribution < -0.4 is 4.90 Å². The van der Waals surface area contributed by atoms with Gasteiger partial charge >= 0.3 is 5.97 Å². The van der Waals surface area contributed by atoms with Gasteiger partial charge in [-0.2, -0.15) is 0 Å². The number of anilines is 1. The first-order valence-electron chi connectivity index (χ1n) is 8.98. The Balaban J connectivity index is 1.83. The minimum absolute atomic E-state index is 0.0698. The number of methoxy groups -OCH3 is 1. The number of hydrogen-bond acceptors (Lipinski definition) is 4. The van der Waals surface area contributed by atoms with E-state index < -0.39 is 0 Å². The molecule has 136 valence electrons. The summed E-state index contributed by atoms with van der Waals surface area (Å²) in [5, 5.41) is 0.837. The van der Waals surface area contributed by atoms with Gasteiger partial charge in [0, 0.05) is 23.3 Å². The summed E-state index contributed by atoms with van der Waals surface area (Å²) in [6.07, 6.45) is 1.55. The highest BCUT2D eigenvalue weighted by Gasteiger charge is 2.28. The highest BCUT2D eigenvalue weighted by Crippen LogP contribution is 2.32. The zero-order valence-electron chi connectivity index (χ0n) is 15.4. The second-order valence-electron chi connectivity index (χ2n) is 6.68. The maximum Gasteiger partial charge on any atom is 0.338 e. The van der Waals surface area contributed by atoms with Crippen molar-refractivity contribution in [1.29, 1.82) is 0 Å². The number of carbonyl (C=O) groups excluding carboxylic acids is 2. The lowest BCUT2D eigenvalue weighted by Gasteiger charge is -2.31. The highest BCUT2D eigenvalue weighted by atomic mass is 16.5. The minimum atomic E-state index is -0.369. The quantitative estimate of drug-likeness (QED) is 0.650. The summed E-state index contributed by atoms with van der Waals surface area (Å²) < 4.78 is 4.91.